The summed E-state index contributed by atoms with van der Waals surface area (Å²) < 4.78 is 20.7. The fourth-order valence-corrected chi connectivity index (χ4v) is 6.45. The highest BCUT2D eigenvalue weighted by Gasteiger charge is 2.45. The highest BCUT2D eigenvalue weighted by molar-refractivity contribution is 6.30. The maximum atomic E-state index is 15.1. The van der Waals surface area contributed by atoms with E-state index in [1.807, 2.05) is 32.6 Å². The zero-order valence-electron chi connectivity index (χ0n) is 23.7. The zero-order valence-corrected chi connectivity index (χ0v) is 24.5. The van der Waals surface area contributed by atoms with Crippen LogP contribution in [0.1, 0.15) is 58.9 Å². The number of likely N-dealkylation sites (tertiary alicyclic amines) is 1. The van der Waals surface area contributed by atoms with Gasteiger partial charge in [0.25, 0.3) is 0 Å². The van der Waals surface area contributed by atoms with Crippen LogP contribution < -0.4 is 5.32 Å². The first kappa shape index (κ1) is 29.7. The topological polar surface area (TPSA) is 82.2 Å². The second kappa shape index (κ2) is 12.1. The molecule has 1 N–H and O–H groups in total. The van der Waals surface area contributed by atoms with Crippen LogP contribution in [0.2, 0.25) is 5.02 Å². The van der Waals surface area contributed by atoms with E-state index in [0.29, 0.717) is 62.9 Å². The third-order valence-electron chi connectivity index (χ3n) is 8.16. The lowest BCUT2D eigenvalue weighted by Gasteiger charge is -2.42. The van der Waals surface area contributed by atoms with Crippen LogP contribution in [-0.2, 0) is 19.1 Å². The van der Waals surface area contributed by atoms with E-state index < -0.39 is 12.0 Å². The summed E-state index contributed by atoms with van der Waals surface area (Å²) in [4.78, 5) is 45.1. The van der Waals surface area contributed by atoms with Crippen molar-refractivity contribution in [2.24, 2.45) is 11.3 Å². The molecule has 1 aromatic rings. The number of hydrogen-bond donors (Lipinski definition) is 1. The second-order valence-electron chi connectivity index (χ2n) is 12.5. The molecule has 0 saturated carbocycles. The van der Waals surface area contributed by atoms with E-state index in [9.17, 15) is 14.4 Å². The van der Waals surface area contributed by atoms with Gasteiger partial charge in [0.2, 0.25) is 17.7 Å². The SMILES string of the molecule is CC(=O)NC(CC(C)(C)C)C(=O)N1CCN(C(=O)[C@@H]2CN([C@@H]3CCOC3)C[C@H]2c2ccc(Cl)cc2F)[C@@H](C)C1. The molecule has 3 heterocycles. The summed E-state index contributed by atoms with van der Waals surface area (Å²) in [6.07, 6.45) is 1.42. The van der Waals surface area contributed by atoms with Gasteiger partial charge in [-0.2, -0.15) is 0 Å². The third kappa shape index (κ3) is 7.11. The zero-order chi connectivity index (χ0) is 28.5. The number of amides is 3. The monoisotopic (exact) mass is 564 g/mol. The number of hydrogen-bond acceptors (Lipinski definition) is 5. The minimum atomic E-state index is -0.605. The number of nitrogens with one attached hydrogen (secondary N) is 1. The molecule has 1 unspecified atom stereocenters. The second-order valence-corrected chi connectivity index (χ2v) is 13.0. The number of benzene rings is 1. The molecule has 3 aliphatic rings. The van der Waals surface area contributed by atoms with Crippen LogP contribution in [0, 0.1) is 17.2 Å². The summed E-state index contributed by atoms with van der Waals surface area (Å²) in [6, 6.07) is 4.11. The van der Waals surface area contributed by atoms with Crippen LogP contribution in [0.15, 0.2) is 18.2 Å². The van der Waals surface area contributed by atoms with Gasteiger partial charge in [-0.15, -0.1) is 0 Å². The third-order valence-corrected chi connectivity index (χ3v) is 8.40. The minimum absolute atomic E-state index is 0.0107. The minimum Gasteiger partial charge on any atom is -0.380 e. The predicted octanol–water partition coefficient (Wildman–Crippen LogP) is 3.28. The lowest BCUT2D eigenvalue weighted by molar-refractivity contribution is -0.147. The fraction of sp³-hybridized carbons (Fsp3) is 0.690. The molecule has 8 nitrogen and oxygen atoms in total. The molecule has 3 saturated heterocycles. The van der Waals surface area contributed by atoms with E-state index in [1.54, 1.807) is 17.0 Å². The van der Waals surface area contributed by atoms with Gasteiger partial charge in [0.1, 0.15) is 11.9 Å². The van der Waals surface area contributed by atoms with Crippen molar-refractivity contribution in [3.05, 3.63) is 34.6 Å². The molecule has 3 aliphatic heterocycles. The van der Waals surface area contributed by atoms with Crippen molar-refractivity contribution in [1.82, 2.24) is 20.0 Å². The molecule has 0 aliphatic carbocycles. The van der Waals surface area contributed by atoms with Gasteiger partial charge in [-0.1, -0.05) is 38.4 Å². The van der Waals surface area contributed by atoms with Crippen LogP contribution in [0.25, 0.3) is 0 Å². The molecular weight excluding hydrogens is 523 g/mol. The van der Waals surface area contributed by atoms with Gasteiger partial charge in [0.15, 0.2) is 0 Å². The van der Waals surface area contributed by atoms with Gasteiger partial charge in [-0.25, -0.2) is 4.39 Å². The van der Waals surface area contributed by atoms with Gasteiger partial charge >= 0.3 is 0 Å². The van der Waals surface area contributed by atoms with Crippen molar-refractivity contribution in [1.29, 1.82) is 0 Å². The molecule has 3 fully saturated rings. The molecular formula is C29H42ClFN4O4. The Morgan fingerprint density at radius 2 is 1.92 bits per heavy atom. The van der Waals surface area contributed by atoms with Crippen molar-refractivity contribution < 1.29 is 23.5 Å². The summed E-state index contributed by atoms with van der Waals surface area (Å²) in [5.74, 6) is -1.45. The molecule has 216 valence electrons. The molecule has 1 aromatic carbocycles. The molecule has 0 bridgehead atoms. The lowest BCUT2D eigenvalue weighted by atomic mass is 9.86. The largest absolute Gasteiger partial charge is 0.380 e. The van der Waals surface area contributed by atoms with Crippen molar-refractivity contribution >= 4 is 29.3 Å². The number of nitrogens with zero attached hydrogens (tertiary/aromatic N) is 3. The van der Waals surface area contributed by atoms with Crippen LogP contribution in [0.3, 0.4) is 0 Å². The Morgan fingerprint density at radius 1 is 1.18 bits per heavy atom. The molecule has 0 spiro atoms. The Bertz CT molecular complexity index is 1070. The van der Waals surface area contributed by atoms with E-state index in [-0.39, 0.29) is 47.0 Å². The Hall–Kier alpha value is -2.23. The van der Waals surface area contributed by atoms with Crippen molar-refractivity contribution in [2.75, 3.05) is 45.9 Å². The molecule has 4 rings (SSSR count). The first-order chi connectivity index (χ1) is 18.3. The number of carbonyl (C=O) groups excluding carboxylic acids is 3. The van der Waals surface area contributed by atoms with Crippen molar-refractivity contribution in [2.45, 2.75) is 71.5 Å². The molecule has 5 atom stereocenters. The number of rotatable bonds is 6. The Labute approximate surface area is 236 Å². The Kier molecular flexibility index (Phi) is 9.23. The quantitative estimate of drug-likeness (QED) is 0.573. The highest BCUT2D eigenvalue weighted by Crippen LogP contribution is 2.38. The highest BCUT2D eigenvalue weighted by atomic mass is 35.5. The summed E-state index contributed by atoms with van der Waals surface area (Å²) in [7, 11) is 0. The summed E-state index contributed by atoms with van der Waals surface area (Å²) in [5, 5.41) is 3.15. The Morgan fingerprint density at radius 3 is 2.51 bits per heavy atom. The van der Waals surface area contributed by atoms with Crippen LogP contribution in [-0.4, -0.2) is 96.5 Å². The average Bonchev–Trinajstić information content (AvgIpc) is 3.52. The molecule has 0 aromatic heterocycles. The fourth-order valence-electron chi connectivity index (χ4n) is 6.29. The van der Waals surface area contributed by atoms with Gasteiger partial charge in [0, 0.05) is 69.3 Å². The molecule has 3 amide bonds. The molecule has 10 heteroatoms. The van der Waals surface area contributed by atoms with Gasteiger partial charge in [-0.05, 0) is 42.9 Å². The lowest BCUT2D eigenvalue weighted by Crippen LogP contribution is -2.60. The van der Waals surface area contributed by atoms with Crippen molar-refractivity contribution in [3.8, 4) is 0 Å². The molecule has 0 radical (unpaired) electrons. The van der Waals surface area contributed by atoms with E-state index in [2.05, 4.69) is 10.2 Å². The maximum Gasteiger partial charge on any atom is 0.245 e. The van der Waals surface area contributed by atoms with E-state index in [1.165, 1.54) is 13.0 Å². The van der Waals surface area contributed by atoms with E-state index in [0.717, 1.165) is 6.42 Å². The smallest absolute Gasteiger partial charge is 0.245 e. The van der Waals surface area contributed by atoms with Crippen LogP contribution >= 0.6 is 11.6 Å². The number of carbonyl (C=O) groups is 3. The summed E-state index contributed by atoms with van der Waals surface area (Å²) in [6.45, 7) is 13.1. The maximum absolute atomic E-state index is 15.1. The average molecular weight is 565 g/mol. The summed E-state index contributed by atoms with van der Waals surface area (Å²) >= 11 is 6.02. The first-order valence-electron chi connectivity index (χ1n) is 14.0. The standard InChI is InChI=1S/C29H42ClFN4O4/c1-18-14-33(28(38)26(32-19(2)36)13-29(3,4)5)9-10-35(18)27(37)24-16-34(21-8-11-39-17-21)15-23(24)22-7-6-20(30)12-25(22)31/h6-7,12,18,21,23-24,26H,8-11,13-17H2,1-5H3,(H,32,36)/t18-,21+,23-,24+,26?/m0/s1. The van der Waals surface area contributed by atoms with Crippen LogP contribution in [0.5, 0.6) is 0 Å². The van der Waals surface area contributed by atoms with E-state index in [4.69, 9.17) is 16.3 Å². The predicted molar refractivity (Wildman–Crippen MR) is 148 cm³/mol. The van der Waals surface area contributed by atoms with Crippen LogP contribution in [0.4, 0.5) is 4.39 Å². The number of halogens is 2. The summed E-state index contributed by atoms with van der Waals surface area (Å²) in [5.41, 5.74) is 0.373. The van der Waals surface area contributed by atoms with Gasteiger partial charge in [0.05, 0.1) is 12.5 Å². The number of piperazine rings is 1. The number of ether oxygens (including phenoxy) is 1. The molecule has 39 heavy (non-hydrogen) atoms. The van der Waals surface area contributed by atoms with Gasteiger partial charge < -0.3 is 19.9 Å². The Balaban J connectivity index is 1.49. The first-order valence-corrected chi connectivity index (χ1v) is 14.3. The van der Waals surface area contributed by atoms with Crippen molar-refractivity contribution in [3.63, 3.8) is 0 Å². The normalized spacial score (nSPS) is 27.1. The van der Waals surface area contributed by atoms with E-state index >= 15 is 4.39 Å². The van der Waals surface area contributed by atoms with Gasteiger partial charge in [-0.3, -0.25) is 19.3 Å².